The summed E-state index contributed by atoms with van der Waals surface area (Å²) < 4.78 is 6.51. The van der Waals surface area contributed by atoms with E-state index in [0.29, 0.717) is 0 Å². The summed E-state index contributed by atoms with van der Waals surface area (Å²) in [5.41, 5.74) is 19.8. The fraction of sp³-hybridized carbons (Fsp3) is 0.0566. The van der Waals surface area contributed by atoms with Gasteiger partial charge in [-0.05, 0) is 106 Å². The van der Waals surface area contributed by atoms with E-state index in [9.17, 15) is 0 Å². The van der Waals surface area contributed by atoms with E-state index in [-0.39, 0.29) is 5.41 Å². The number of fused-ring (bicyclic) bond motifs is 9. The molecule has 10 aromatic rings. The molecule has 1 aromatic heterocycles. The van der Waals surface area contributed by atoms with Gasteiger partial charge in [0, 0.05) is 21.8 Å². The molecule has 0 saturated heterocycles. The highest BCUT2D eigenvalue weighted by Gasteiger charge is 2.38. The summed E-state index contributed by atoms with van der Waals surface area (Å²) in [6.45, 7) is 4.82. The second-order valence-electron chi connectivity index (χ2n) is 15.5. The van der Waals surface area contributed by atoms with Crippen molar-refractivity contribution < 1.29 is 4.42 Å². The molecule has 54 heavy (non-hydrogen) atoms. The normalized spacial score (nSPS) is 13.5. The lowest BCUT2D eigenvalue weighted by molar-refractivity contribution is 0.645. The Bertz CT molecular complexity index is 3120. The maximum absolute atomic E-state index is 6.51. The smallest absolute Gasteiger partial charge is 0.143 e. The van der Waals surface area contributed by atoms with E-state index in [1.165, 1.54) is 93.9 Å². The number of hydrogen-bond donors (Lipinski definition) is 0. The van der Waals surface area contributed by atoms with Crippen molar-refractivity contribution in [3.8, 4) is 66.8 Å². The summed E-state index contributed by atoms with van der Waals surface area (Å²) in [5, 5.41) is 7.65. The number of benzene rings is 9. The monoisotopic (exact) mass is 686 g/mol. The number of furan rings is 1. The van der Waals surface area contributed by atoms with E-state index in [1.54, 1.807) is 0 Å². The van der Waals surface area contributed by atoms with Crippen molar-refractivity contribution in [3.63, 3.8) is 0 Å². The Hall–Kier alpha value is -6.70. The average molecular weight is 687 g/mol. The van der Waals surface area contributed by atoms with Crippen LogP contribution < -0.4 is 0 Å². The molecule has 0 saturated carbocycles. The van der Waals surface area contributed by atoms with E-state index in [2.05, 4.69) is 178 Å². The SMILES string of the molecule is CC1(C)c2cc(-c3cccc4c3oc3ccccc34)ccc2-c2ccc3c4c(ccc1c24)-c1c-3c(-c2ccccc2)c2ccccc2c1-c1ccccc1. The zero-order chi connectivity index (χ0) is 35.7. The zero-order valence-electron chi connectivity index (χ0n) is 30.1. The van der Waals surface area contributed by atoms with Gasteiger partial charge in [-0.2, -0.15) is 0 Å². The summed E-state index contributed by atoms with van der Waals surface area (Å²) in [6.07, 6.45) is 0. The van der Waals surface area contributed by atoms with Crippen molar-refractivity contribution >= 4 is 43.5 Å². The number of hydrogen-bond acceptors (Lipinski definition) is 1. The molecule has 1 heteroatoms. The molecule has 0 radical (unpaired) electrons. The lowest BCUT2D eigenvalue weighted by Crippen LogP contribution is -2.23. The maximum Gasteiger partial charge on any atom is 0.143 e. The van der Waals surface area contributed by atoms with Crippen LogP contribution in [0, 0.1) is 0 Å². The van der Waals surface area contributed by atoms with Gasteiger partial charge in [0.15, 0.2) is 0 Å². The van der Waals surface area contributed by atoms with Gasteiger partial charge >= 0.3 is 0 Å². The van der Waals surface area contributed by atoms with E-state index < -0.39 is 0 Å². The fourth-order valence-corrected chi connectivity index (χ4v) is 10.0. The van der Waals surface area contributed by atoms with E-state index in [0.717, 1.165) is 27.5 Å². The average Bonchev–Trinajstić information content (AvgIpc) is 3.77. The molecule has 0 bridgehead atoms. The van der Waals surface area contributed by atoms with Crippen LogP contribution in [-0.4, -0.2) is 0 Å². The summed E-state index contributed by atoms with van der Waals surface area (Å²) in [4.78, 5) is 0. The fourth-order valence-electron chi connectivity index (χ4n) is 10.0. The predicted octanol–water partition coefficient (Wildman–Crippen LogP) is 14.8. The Morgan fingerprint density at radius 1 is 0.352 bits per heavy atom. The minimum Gasteiger partial charge on any atom is -0.455 e. The van der Waals surface area contributed by atoms with Crippen LogP contribution in [0.3, 0.4) is 0 Å². The van der Waals surface area contributed by atoms with Crippen LogP contribution in [0.5, 0.6) is 0 Å². The number of para-hydroxylation sites is 2. The second kappa shape index (κ2) is 10.7. The molecule has 2 aliphatic carbocycles. The Morgan fingerprint density at radius 2 is 0.907 bits per heavy atom. The maximum atomic E-state index is 6.51. The molecule has 0 spiro atoms. The topological polar surface area (TPSA) is 13.1 Å². The lowest BCUT2D eigenvalue weighted by Gasteiger charge is -2.36. The molecule has 0 amide bonds. The van der Waals surface area contributed by atoms with Crippen LogP contribution in [0.1, 0.15) is 25.0 Å². The van der Waals surface area contributed by atoms with Gasteiger partial charge < -0.3 is 4.42 Å². The van der Waals surface area contributed by atoms with Gasteiger partial charge in [-0.25, -0.2) is 0 Å². The van der Waals surface area contributed by atoms with Crippen molar-refractivity contribution in [3.05, 3.63) is 181 Å². The molecule has 0 N–H and O–H groups in total. The molecule has 9 aromatic carbocycles. The first kappa shape index (κ1) is 29.8. The van der Waals surface area contributed by atoms with Crippen LogP contribution in [-0.2, 0) is 5.41 Å². The highest BCUT2D eigenvalue weighted by molar-refractivity contribution is 6.29. The molecule has 1 nitrogen and oxygen atoms in total. The molecule has 0 aliphatic heterocycles. The van der Waals surface area contributed by atoms with Crippen LogP contribution in [0.2, 0.25) is 0 Å². The van der Waals surface area contributed by atoms with Crippen LogP contribution >= 0.6 is 0 Å². The van der Waals surface area contributed by atoms with Crippen molar-refractivity contribution in [2.24, 2.45) is 0 Å². The quantitative estimate of drug-likeness (QED) is 0.180. The number of rotatable bonds is 3. The molecule has 1 heterocycles. The predicted molar refractivity (Wildman–Crippen MR) is 227 cm³/mol. The molecular formula is C53H34O. The van der Waals surface area contributed by atoms with Gasteiger partial charge in [-0.3, -0.25) is 0 Å². The van der Waals surface area contributed by atoms with Gasteiger partial charge in [0.1, 0.15) is 11.2 Å². The van der Waals surface area contributed by atoms with Crippen molar-refractivity contribution in [2.75, 3.05) is 0 Å². The third kappa shape index (κ3) is 3.83. The molecule has 0 unspecified atom stereocenters. The van der Waals surface area contributed by atoms with Gasteiger partial charge in [0.2, 0.25) is 0 Å². The van der Waals surface area contributed by atoms with Crippen LogP contribution in [0.15, 0.2) is 174 Å². The molecule has 12 rings (SSSR count). The molecular weight excluding hydrogens is 653 g/mol. The van der Waals surface area contributed by atoms with Gasteiger partial charge in [0.25, 0.3) is 0 Å². The molecule has 252 valence electrons. The van der Waals surface area contributed by atoms with Crippen molar-refractivity contribution in [1.82, 2.24) is 0 Å². The lowest BCUT2D eigenvalue weighted by atomic mass is 9.67. The minimum atomic E-state index is -0.235. The Labute approximate surface area is 313 Å². The summed E-state index contributed by atoms with van der Waals surface area (Å²) in [7, 11) is 0. The first-order valence-corrected chi connectivity index (χ1v) is 18.9. The third-order valence-electron chi connectivity index (χ3n) is 12.4. The summed E-state index contributed by atoms with van der Waals surface area (Å²) in [6, 6.07) is 62.7. The standard InChI is InChI=1S/C53H34O/c1-53(2)43-29-28-42-48-41(50-46(31-14-5-3-6-15-31)37-19-9-10-20-38(37)47(51(42)50)32-16-7-4-8-17-32)27-26-39(49(43)48)35-25-24-33(30-44(35)53)34-21-13-22-40-36-18-11-12-23-45(36)54-52(34)40/h3-30H,1-2H3. The van der Waals surface area contributed by atoms with E-state index in [1.807, 2.05) is 6.07 Å². The third-order valence-corrected chi connectivity index (χ3v) is 12.4. The Balaban J connectivity index is 1.15. The highest BCUT2D eigenvalue weighted by atomic mass is 16.3. The molecule has 0 fully saturated rings. The second-order valence-corrected chi connectivity index (χ2v) is 15.5. The first-order chi connectivity index (χ1) is 26.6. The Morgan fingerprint density at radius 3 is 1.59 bits per heavy atom. The highest BCUT2D eigenvalue weighted by Crippen LogP contribution is 2.61. The largest absolute Gasteiger partial charge is 0.455 e. The molecule has 0 atom stereocenters. The van der Waals surface area contributed by atoms with E-state index in [4.69, 9.17) is 4.42 Å². The first-order valence-electron chi connectivity index (χ1n) is 18.9. The van der Waals surface area contributed by atoms with Crippen LogP contribution in [0.25, 0.3) is 110 Å². The minimum absolute atomic E-state index is 0.235. The zero-order valence-corrected chi connectivity index (χ0v) is 30.1. The van der Waals surface area contributed by atoms with Gasteiger partial charge in [-0.1, -0.05) is 172 Å². The van der Waals surface area contributed by atoms with Crippen molar-refractivity contribution in [1.29, 1.82) is 0 Å². The van der Waals surface area contributed by atoms with E-state index >= 15 is 0 Å². The van der Waals surface area contributed by atoms with Crippen LogP contribution in [0.4, 0.5) is 0 Å². The van der Waals surface area contributed by atoms with Gasteiger partial charge in [-0.15, -0.1) is 0 Å². The summed E-state index contributed by atoms with van der Waals surface area (Å²) in [5.74, 6) is 0. The Kier molecular flexibility index (Phi) is 5.90. The summed E-state index contributed by atoms with van der Waals surface area (Å²) >= 11 is 0. The molecule has 2 aliphatic rings. The van der Waals surface area contributed by atoms with Crippen molar-refractivity contribution in [2.45, 2.75) is 19.3 Å². The van der Waals surface area contributed by atoms with Gasteiger partial charge in [0.05, 0.1) is 0 Å².